The van der Waals surface area contributed by atoms with Crippen LogP contribution in [0.3, 0.4) is 0 Å². The second-order valence-corrected chi connectivity index (χ2v) is 4.84. The van der Waals surface area contributed by atoms with Crippen molar-refractivity contribution in [3.63, 3.8) is 0 Å². The third kappa shape index (κ3) is 5.73. The van der Waals surface area contributed by atoms with Crippen molar-refractivity contribution >= 4 is 17.6 Å². The molecule has 0 radical (unpaired) electrons. The van der Waals surface area contributed by atoms with Crippen LogP contribution >= 0.6 is 0 Å². The summed E-state index contributed by atoms with van der Waals surface area (Å²) in [6.45, 7) is 0.298. The number of rotatable bonds is 9. The Labute approximate surface area is 139 Å². The van der Waals surface area contributed by atoms with Crippen LogP contribution in [-0.2, 0) is 14.3 Å². The van der Waals surface area contributed by atoms with E-state index in [0.717, 1.165) is 0 Å². The summed E-state index contributed by atoms with van der Waals surface area (Å²) in [7, 11) is 1.53. The van der Waals surface area contributed by atoms with Crippen molar-refractivity contribution in [1.29, 1.82) is 0 Å². The smallest absolute Gasteiger partial charge is 0.261 e. The van der Waals surface area contributed by atoms with Gasteiger partial charge in [0.25, 0.3) is 5.91 Å². The second-order valence-electron chi connectivity index (χ2n) is 4.84. The number of nitrogens with one attached hydrogen (secondary N) is 1. The maximum Gasteiger partial charge on any atom is 0.261 e. The molecule has 2 aromatic rings. The molecule has 1 N–H and O–H groups in total. The fourth-order valence-corrected chi connectivity index (χ4v) is 1.88. The Balaban J connectivity index is 1.88. The predicted molar refractivity (Wildman–Crippen MR) is 85.5 cm³/mol. The zero-order valence-electron chi connectivity index (χ0n) is 13.3. The molecule has 8 heteroatoms. The van der Waals surface area contributed by atoms with Crippen LogP contribution in [0.25, 0.3) is 0 Å². The Morgan fingerprint density at radius 2 is 2.04 bits per heavy atom. The van der Waals surface area contributed by atoms with Gasteiger partial charge in [0.1, 0.15) is 18.6 Å². The molecule has 1 aromatic heterocycles. The lowest BCUT2D eigenvalue weighted by molar-refractivity contribution is -0.137. The van der Waals surface area contributed by atoms with Gasteiger partial charge in [-0.05, 0) is 12.1 Å². The minimum absolute atomic E-state index is 0.132. The number of aromatic nitrogens is 1. The highest BCUT2D eigenvalue weighted by Gasteiger charge is 2.18. The van der Waals surface area contributed by atoms with E-state index in [2.05, 4.69) is 15.0 Å². The molecule has 0 saturated carbocycles. The topological polar surface area (TPSA) is 93.9 Å². The van der Waals surface area contributed by atoms with E-state index >= 15 is 0 Å². The summed E-state index contributed by atoms with van der Waals surface area (Å²) in [6, 6.07) is 10.5. The quantitative estimate of drug-likeness (QED) is 0.740. The average molecular weight is 333 g/mol. The van der Waals surface area contributed by atoms with Gasteiger partial charge in [0.15, 0.2) is 12.4 Å². The van der Waals surface area contributed by atoms with Crippen LogP contribution in [0, 0.1) is 0 Å². The summed E-state index contributed by atoms with van der Waals surface area (Å²) in [5.41, 5.74) is 0. The standard InChI is InChI=1S/C16H19N3O5/c1-22-10-8-19(11-15(20)17-14-7-9-24-18-14)16(21)12-23-13-5-3-2-4-6-13/h2-7,9H,8,10-12H2,1H3,(H,17,18,20). The maximum atomic E-state index is 12.3. The van der Waals surface area contributed by atoms with Crippen molar-refractivity contribution in [3.8, 4) is 5.75 Å². The first-order valence-electron chi connectivity index (χ1n) is 7.34. The fraction of sp³-hybridized carbons (Fsp3) is 0.312. The molecule has 24 heavy (non-hydrogen) atoms. The van der Waals surface area contributed by atoms with E-state index in [-0.39, 0.29) is 31.5 Å². The molecule has 0 fully saturated rings. The van der Waals surface area contributed by atoms with Gasteiger partial charge in [0, 0.05) is 19.7 Å². The van der Waals surface area contributed by atoms with Gasteiger partial charge in [-0.15, -0.1) is 0 Å². The number of anilines is 1. The van der Waals surface area contributed by atoms with Crippen molar-refractivity contribution in [2.75, 3.05) is 38.7 Å². The van der Waals surface area contributed by atoms with Crippen LogP contribution in [0.5, 0.6) is 5.75 Å². The highest BCUT2D eigenvalue weighted by atomic mass is 16.5. The molecular formula is C16H19N3O5. The average Bonchev–Trinajstić information content (AvgIpc) is 3.10. The predicted octanol–water partition coefficient (Wildman–Crippen LogP) is 1.17. The van der Waals surface area contributed by atoms with Gasteiger partial charge in [0.05, 0.1) is 6.61 Å². The van der Waals surface area contributed by atoms with Crippen molar-refractivity contribution in [2.45, 2.75) is 0 Å². The highest BCUT2D eigenvalue weighted by molar-refractivity contribution is 5.93. The highest BCUT2D eigenvalue weighted by Crippen LogP contribution is 2.08. The van der Waals surface area contributed by atoms with Gasteiger partial charge >= 0.3 is 0 Å². The number of hydrogen-bond acceptors (Lipinski definition) is 6. The van der Waals surface area contributed by atoms with E-state index in [9.17, 15) is 9.59 Å². The number of methoxy groups -OCH3 is 1. The molecular weight excluding hydrogens is 314 g/mol. The van der Waals surface area contributed by atoms with Crippen LogP contribution in [0.4, 0.5) is 5.82 Å². The van der Waals surface area contributed by atoms with E-state index < -0.39 is 0 Å². The summed E-state index contributed by atoms with van der Waals surface area (Å²) < 4.78 is 15.0. The lowest BCUT2D eigenvalue weighted by Crippen LogP contribution is -2.42. The monoisotopic (exact) mass is 333 g/mol. The number of nitrogens with zero attached hydrogens (tertiary/aromatic N) is 2. The number of para-hydroxylation sites is 1. The second kappa shape index (κ2) is 9.31. The Morgan fingerprint density at radius 3 is 2.71 bits per heavy atom. The molecule has 0 aliphatic carbocycles. The Morgan fingerprint density at radius 1 is 1.25 bits per heavy atom. The van der Waals surface area contributed by atoms with Crippen LogP contribution in [0.15, 0.2) is 47.2 Å². The first-order chi connectivity index (χ1) is 11.7. The van der Waals surface area contributed by atoms with Crippen molar-refractivity contribution in [1.82, 2.24) is 10.1 Å². The summed E-state index contributed by atoms with van der Waals surface area (Å²) in [4.78, 5) is 25.6. The molecule has 128 valence electrons. The Kier molecular flexibility index (Phi) is 6.78. The molecule has 1 aromatic carbocycles. The van der Waals surface area contributed by atoms with Gasteiger partial charge in [-0.1, -0.05) is 23.4 Å². The lowest BCUT2D eigenvalue weighted by atomic mass is 10.3. The van der Waals surface area contributed by atoms with Crippen LogP contribution < -0.4 is 10.1 Å². The van der Waals surface area contributed by atoms with Gasteiger partial charge in [-0.25, -0.2) is 0 Å². The van der Waals surface area contributed by atoms with Gasteiger partial charge in [-0.2, -0.15) is 0 Å². The van der Waals surface area contributed by atoms with E-state index in [0.29, 0.717) is 18.2 Å². The first kappa shape index (κ1) is 17.5. The molecule has 0 aliphatic heterocycles. The van der Waals surface area contributed by atoms with E-state index in [1.807, 2.05) is 18.2 Å². The van der Waals surface area contributed by atoms with E-state index in [1.165, 1.54) is 24.3 Å². The van der Waals surface area contributed by atoms with Gasteiger partial charge in [0.2, 0.25) is 5.91 Å². The first-order valence-corrected chi connectivity index (χ1v) is 7.34. The number of carbonyl (C=O) groups is 2. The SMILES string of the molecule is COCCN(CC(=O)Nc1ccon1)C(=O)COc1ccccc1. The van der Waals surface area contributed by atoms with Gasteiger partial charge in [-0.3, -0.25) is 9.59 Å². The van der Waals surface area contributed by atoms with Crippen molar-refractivity contribution in [3.05, 3.63) is 42.7 Å². The molecule has 0 aliphatic rings. The number of amides is 2. The molecule has 2 amide bonds. The molecule has 8 nitrogen and oxygen atoms in total. The van der Waals surface area contributed by atoms with Crippen LogP contribution in [0.2, 0.25) is 0 Å². The summed E-state index contributed by atoms with van der Waals surface area (Å²) in [5, 5.41) is 6.12. The number of hydrogen-bond donors (Lipinski definition) is 1. The van der Waals surface area contributed by atoms with Crippen molar-refractivity contribution < 1.29 is 23.6 Å². The number of benzene rings is 1. The minimum Gasteiger partial charge on any atom is -0.484 e. The molecule has 0 saturated heterocycles. The van der Waals surface area contributed by atoms with Crippen LogP contribution in [-0.4, -0.2) is 55.3 Å². The minimum atomic E-state index is -0.381. The Bertz CT molecular complexity index is 630. The third-order valence-corrected chi connectivity index (χ3v) is 3.06. The summed E-state index contributed by atoms with van der Waals surface area (Å²) >= 11 is 0. The fourth-order valence-electron chi connectivity index (χ4n) is 1.88. The molecule has 2 rings (SSSR count). The Hall–Kier alpha value is -2.87. The summed E-state index contributed by atoms with van der Waals surface area (Å²) in [5.74, 6) is 0.184. The van der Waals surface area contributed by atoms with E-state index in [1.54, 1.807) is 12.1 Å². The lowest BCUT2D eigenvalue weighted by Gasteiger charge is -2.21. The number of carbonyl (C=O) groups excluding carboxylic acids is 2. The van der Waals surface area contributed by atoms with Crippen LogP contribution in [0.1, 0.15) is 0 Å². The largest absolute Gasteiger partial charge is 0.484 e. The third-order valence-electron chi connectivity index (χ3n) is 3.06. The molecule has 0 unspecified atom stereocenters. The zero-order chi connectivity index (χ0) is 17.2. The zero-order valence-corrected chi connectivity index (χ0v) is 13.3. The molecule has 0 spiro atoms. The molecule has 1 heterocycles. The molecule has 0 atom stereocenters. The summed E-state index contributed by atoms with van der Waals surface area (Å²) in [6.07, 6.45) is 1.34. The van der Waals surface area contributed by atoms with Gasteiger partial charge < -0.3 is 24.2 Å². The maximum absolute atomic E-state index is 12.3. The van der Waals surface area contributed by atoms with Crippen molar-refractivity contribution in [2.24, 2.45) is 0 Å². The number of ether oxygens (including phenoxy) is 2. The normalized spacial score (nSPS) is 10.2. The van der Waals surface area contributed by atoms with E-state index in [4.69, 9.17) is 9.47 Å². The molecule has 0 bridgehead atoms.